The molecular formula is C45H35F9O4. The van der Waals surface area contributed by atoms with Crippen molar-refractivity contribution in [2.75, 3.05) is 13.2 Å². The van der Waals surface area contributed by atoms with Gasteiger partial charge in [-0.1, -0.05) is 79.9 Å². The van der Waals surface area contributed by atoms with Gasteiger partial charge < -0.3 is 9.47 Å². The minimum atomic E-state index is -4.89. The summed E-state index contributed by atoms with van der Waals surface area (Å²) < 4.78 is 138. The summed E-state index contributed by atoms with van der Waals surface area (Å²) in [5, 5.41) is 0. The molecule has 0 amide bonds. The van der Waals surface area contributed by atoms with Gasteiger partial charge in [-0.25, -0.2) is 9.59 Å². The minimum absolute atomic E-state index is 0.0129. The zero-order valence-electron chi connectivity index (χ0n) is 30.7. The third-order valence-corrected chi connectivity index (χ3v) is 9.19. The van der Waals surface area contributed by atoms with E-state index in [0.717, 1.165) is 77.9 Å². The first-order chi connectivity index (χ1) is 27.4. The van der Waals surface area contributed by atoms with Gasteiger partial charge in [-0.3, -0.25) is 0 Å². The second-order valence-corrected chi connectivity index (χ2v) is 13.1. The van der Waals surface area contributed by atoms with Gasteiger partial charge in [-0.05, 0) is 118 Å². The van der Waals surface area contributed by atoms with E-state index in [0.29, 0.717) is 25.7 Å². The van der Waals surface area contributed by atoms with Crippen LogP contribution in [0.15, 0.2) is 128 Å². The second-order valence-electron chi connectivity index (χ2n) is 13.1. The van der Waals surface area contributed by atoms with Crippen molar-refractivity contribution in [3.8, 4) is 44.5 Å². The lowest BCUT2D eigenvalue weighted by Gasteiger charge is -2.21. The van der Waals surface area contributed by atoms with Crippen LogP contribution in [0.5, 0.6) is 0 Å². The van der Waals surface area contributed by atoms with Crippen LogP contribution < -0.4 is 0 Å². The SMILES string of the molecule is C=CC(=O)OCCCc1ccc(-c2cc(C(F)(F)F)ccc2-c2ccc(C(F)(F)F)cc2-c2ccc(C(F)(F)F)cc2-c2ccc(CCCOC(=O)C=C)cc2)cc1. The fourth-order valence-electron chi connectivity index (χ4n) is 6.28. The van der Waals surface area contributed by atoms with Gasteiger partial charge in [0.05, 0.1) is 29.9 Å². The molecule has 0 saturated carbocycles. The number of carbonyl (C=O) groups excluding carboxylic acids is 2. The Balaban J connectivity index is 1.65. The molecule has 0 saturated heterocycles. The van der Waals surface area contributed by atoms with Crippen molar-refractivity contribution in [2.24, 2.45) is 0 Å². The molecule has 0 aliphatic heterocycles. The van der Waals surface area contributed by atoms with Crippen LogP contribution >= 0.6 is 0 Å². The van der Waals surface area contributed by atoms with Crippen molar-refractivity contribution in [3.63, 3.8) is 0 Å². The van der Waals surface area contributed by atoms with E-state index in [9.17, 15) is 49.1 Å². The molecule has 0 unspecified atom stereocenters. The van der Waals surface area contributed by atoms with Crippen LogP contribution in [0.2, 0.25) is 0 Å². The van der Waals surface area contributed by atoms with Gasteiger partial charge in [0.25, 0.3) is 0 Å². The summed E-state index contributed by atoms with van der Waals surface area (Å²) in [5.74, 6) is -1.19. The summed E-state index contributed by atoms with van der Waals surface area (Å²) in [5.41, 5.74) is -1.32. The summed E-state index contributed by atoms with van der Waals surface area (Å²) in [6, 6.07) is 20.8. The van der Waals surface area contributed by atoms with Crippen molar-refractivity contribution in [1.82, 2.24) is 0 Å². The van der Waals surface area contributed by atoms with Crippen LogP contribution in [0.4, 0.5) is 39.5 Å². The normalized spacial score (nSPS) is 11.9. The van der Waals surface area contributed by atoms with Gasteiger partial charge in [-0.2, -0.15) is 39.5 Å². The number of alkyl halides is 9. The Morgan fingerprint density at radius 2 is 0.759 bits per heavy atom. The standard InChI is InChI=1S/C45H35F9O4/c1-3-41(55)57-23-5-7-28-9-13-30(14-10-28)38-25-32(43(46,47)48)17-20-35(38)36-21-18-34(45(52,53)54)27-40(36)37-22-19-33(44(49,50)51)26-39(37)31-15-11-29(12-16-31)8-6-24-58-42(56)4-2/h3-4,9-22,25-27H,1-2,5-8,23-24H2. The highest BCUT2D eigenvalue weighted by Gasteiger charge is 2.35. The number of rotatable bonds is 14. The summed E-state index contributed by atoms with van der Waals surface area (Å²) in [4.78, 5) is 22.7. The number of halogens is 9. The lowest BCUT2D eigenvalue weighted by Crippen LogP contribution is -2.07. The first-order valence-corrected chi connectivity index (χ1v) is 17.8. The molecule has 0 heterocycles. The van der Waals surface area contributed by atoms with Crippen molar-refractivity contribution in [1.29, 1.82) is 0 Å². The van der Waals surface area contributed by atoms with Crippen LogP contribution in [0.3, 0.4) is 0 Å². The molecule has 4 nitrogen and oxygen atoms in total. The Labute approximate surface area is 328 Å². The molecule has 0 aliphatic carbocycles. The highest BCUT2D eigenvalue weighted by molar-refractivity contribution is 5.96. The van der Waals surface area contributed by atoms with Crippen LogP contribution in [-0.4, -0.2) is 25.2 Å². The summed E-state index contributed by atoms with van der Waals surface area (Å²) >= 11 is 0. The van der Waals surface area contributed by atoms with E-state index in [1.54, 1.807) is 36.4 Å². The number of hydrogen-bond donors (Lipinski definition) is 0. The second kappa shape index (κ2) is 18.0. The average molecular weight is 811 g/mol. The van der Waals surface area contributed by atoms with Gasteiger partial charge >= 0.3 is 30.5 Å². The van der Waals surface area contributed by atoms with Crippen LogP contribution in [0, 0.1) is 0 Å². The molecule has 5 rings (SSSR count). The van der Waals surface area contributed by atoms with E-state index >= 15 is 0 Å². The molecule has 13 heteroatoms. The average Bonchev–Trinajstić information content (AvgIpc) is 3.19. The molecule has 0 aliphatic rings. The van der Waals surface area contributed by atoms with Gasteiger partial charge in [0.15, 0.2) is 0 Å². The Morgan fingerprint density at radius 3 is 1.09 bits per heavy atom. The van der Waals surface area contributed by atoms with E-state index < -0.39 is 47.2 Å². The fraction of sp³-hybridized carbons (Fsp3) is 0.200. The number of ether oxygens (including phenoxy) is 2. The number of carbonyl (C=O) groups is 2. The van der Waals surface area contributed by atoms with Gasteiger partial charge in [0, 0.05) is 12.2 Å². The molecule has 0 fully saturated rings. The van der Waals surface area contributed by atoms with Crippen LogP contribution in [-0.2, 0) is 50.4 Å². The molecule has 0 spiro atoms. The number of benzene rings is 5. The quantitative estimate of drug-likeness (QED) is 0.0485. The van der Waals surface area contributed by atoms with Gasteiger partial charge in [-0.15, -0.1) is 0 Å². The van der Waals surface area contributed by atoms with Crippen molar-refractivity contribution < 1.29 is 58.6 Å². The summed E-state index contributed by atoms with van der Waals surface area (Å²) in [6.07, 6.45) is -10.7. The van der Waals surface area contributed by atoms with E-state index in [1.165, 1.54) is 12.1 Å². The van der Waals surface area contributed by atoms with Crippen LogP contribution in [0.25, 0.3) is 44.5 Å². The Hall–Kier alpha value is -6.11. The highest BCUT2D eigenvalue weighted by Crippen LogP contribution is 2.46. The lowest BCUT2D eigenvalue weighted by atomic mass is 9.84. The van der Waals surface area contributed by atoms with Crippen LogP contribution in [0.1, 0.15) is 40.7 Å². The summed E-state index contributed by atoms with van der Waals surface area (Å²) in [7, 11) is 0. The smallest absolute Gasteiger partial charge is 0.416 e. The molecule has 5 aromatic carbocycles. The topological polar surface area (TPSA) is 52.6 Å². The van der Waals surface area contributed by atoms with E-state index in [-0.39, 0.29) is 57.7 Å². The van der Waals surface area contributed by atoms with E-state index in [4.69, 9.17) is 9.47 Å². The zero-order chi connectivity index (χ0) is 42.3. The number of hydrogen-bond acceptors (Lipinski definition) is 4. The monoisotopic (exact) mass is 810 g/mol. The van der Waals surface area contributed by atoms with E-state index in [2.05, 4.69) is 13.2 Å². The maximum absolute atomic E-state index is 14.3. The summed E-state index contributed by atoms with van der Waals surface area (Å²) in [6.45, 7) is 6.84. The minimum Gasteiger partial charge on any atom is -0.463 e. The maximum atomic E-state index is 14.3. The first kappa shape index (κ1) is 43.0. The molecule has 0 N–H and O–H groups in total. The molecular weight excluding hydrogens is 775 g/mol. The molecule has 5 aromatic rings. The molecule has 0 bridgehead atoms. The molecule has 0 radical (unpaired) electrons. The molecule has 58 heavy (non-hydrogen) atoms. The Bertz CT molecular complexity index is 2270. The van der Waals surface area contributed by atoms with Gasteiger partial charge in [0.2, 0.25) is 0 Å². The zero-order valence-corrected chi connectivity index (χ0v) is 30.7. The lowest BCUT2D eigenvalue weighted by molar-refractivity contribution is -0.138. The Kier molecular flexibility index (Phi) is 13.4. The number of esters is 2. The predicted molar refractivity (Wildman–Crippen MR) is 202 cm³/mol. The maximum Gasteiger partial charge on any atom is 0.416 e. The largest absolute Gasteiger partial charge is 0.463 e. The first-order valence-electron chi connectivity index (χ1n) is 17.8. The van der Waals surface area contributed by atoms with Crippen molar-refractivity contribution in [2.45, 2.75) is 44.2 Å². The highest BCUT2D eigenvalue weighted by atomic mass is 19.4. The van der Waals surface area contributed by atoms with Crippen molar-refractivity contribution in [3.05, 3.63) is 156 Å². The molecule has 302 valence electrons. The fourth-order valence-corrected chi connectivity index (χ4v) is 6.28. The number of aryl methyl sites for hydroxylation is 2. The van der Waals surface area contributed by atoms with Gasteiger partial charge in [0.1, 0.15) is 0 Å². The predicted octanol–water partition coefficient (Wildman–Crippen LogP) is 12.7. The van der Waals surface area contributed by atoms with Crippen molar-refractivity contribution >= 4 is 11.9 Å². The Morgan fingerprint density at radius 1 is 0.448 bits per heavy atom. The molecule has 0 aromatic heterocycles. The third-order valence-electron chi connectivity index (χ3n) is 9.19. The molecule has 0 atom stereocenters. The van der Waals surface area contributed by atoms with E-state index in [1.807, 2.05) is 0 Å². The third kappa shape index (κ3) is 10.8.